The van der Waals surface area contributed by atoms with Crippen LogP contribution in [0.15, 0.2) is 28.7 Å². The molecule has 20 heavy (non-hydrogen) atoms. The summed E-state index contributed by atoms with van der Waals surface area (Å²) < 4.78 is 6.33. The molecule has 1 aromatic rings. The van der Waals surface area contributed by atoms with Crippen molar-refractivity contribution < 1.29 is 9.53 Å². The lowest BCUT2D eigenvalue weighted by molar-refractivity contribution is -0.151. The van der Waals surface area contributed by atoms with E-state index >= 15 is 0 Å². The van der Waals surface area contributed by atoms with E-state index in [1.165, 1.54) is 11.8 Å². The van der Waals surface area contributed by atoms with Crippen LogP contribution < -0.4 is 5.73 Å². The van der Waals surface area contributed by atoms with E-state index in [1.807, 2.05) is 52.0 Å². The molecule has 0 heterocycles. The number of hydrogen-bond acceptors (Lipinski definition) is 4. The fourth-order valence-electron chi connectivity index (χ4n) is 1.76. The summed E-state index contributed by atoms with van der Waals surface area (Å²) in [5, 5.41) is 0.0695. The summed E-state index contributed by atoms with van der Waals surface area (Å²) in [5.74, 6) is 0.0962. The number of ether oxygens (including phenoxy) is 1. The molecule has 0 saturated heterocycles. The van der Waals surface area contributed by atoms with Crippen molar-refractivity contribution in [1.29, 1.82) is 0 Å². The number of carbonyl (C=O) groups is 1. The van der Waals surface area contributed by atoms with Crippen LogP contribution in [0.4, 0.5) is 0 Å². The monoisotopic (exact) mass is 359 g/mol. The van der Waals surface area contributed by atoms with Crippen molar-refractivity contribution in [3.63, 3.8) is 0 Å². The molecular formula is C15H22BrNO2S. The van der Waals surface area contributed by atoms with E-state index in [0.29, 0.717) is 5.75 Å². The molecule has 2 atom stereocenters. The van der Waals surface area contributed by atoms with Gasteiger partial charge in [0, 0.05) is 15.8 Å². The minimum Gasteiger partial charge on any atom is -0.459 e. The average molecular weight is 360 g/mol. The first-order chi connectivity index (χ1) is 9.19. The second-order valence-electron chi connectivity index (χ2n) is 5.73. The highest BCUT2D eigenvalue weighted by Crippen LogP contribution is 2.32. The summed E-state index contributed by atoms with van der Waals surface area (Å²) in [6, 6.07) is 7.97. The number of nitrogens with two attached hydrogens (primary N) is 1. The van der Waals surface area contributed by atoms with Crippen LogP contribution in [-0.4, -0.2) is 23.4 Å². The quantitative estimate of drug-likeness (QED) is 0.809. The highest BCUT2D eigenvalue weighted by Gasteiger charge is 2.21. The maximum Gasteiger partial charge on any atom is 0.316 e. The summed E-state index contributed by atoms with van der Waals surface area (Å²) in [6.45, 7) is 7.56. The minimum atomic E-state index is -0.447. The average Bonchev–Trinajstić information content (AvgIpc) is 2.26. The molecule has 0 fully saturated rings. The number of thioether (sulfide) groups is 1. The Morgan fingerprint density at radius 2 is 2.10 bits per heavy atom. The Labute approximate surface area is 133 Å². The van der Waals surface area contributed by atoms with Crippen LogP contribution in [0, 0.1) is 0 Å². The molecule has 5 heteroatoms. The zero-order valence-corrected chi connectivity index (χ0v) is 14.8. The molecule has 0 bridgehead atoms. The Hall–Kier alpha value is -0.520. The highest BCUT2D eigenvalue weighted by atomic mass is 79.9. The Morgan fingerprint density at radius 1 is 1.45 bits per heavy atom. The van der Waals surface area contributed by atoms with Gasteiger partial charge in [-0.2, -0.15) is 0 Å². The first kappa shape index (κ1) is 17.5. The molecule has 0 aliphatic carbocycles. The maximum atomic E-state index is 11.8. The van der Waals surface area contributed by atoms with Gasteiger partial charge in [0.2, 0.25) is 0 Å². The van der Waals surface area contributed by atoms with Gasteiger partial charge in [-0.1, -0.05) is 28.1 Å². The zero-order valence-electron chi connectivity index (χ0n) is 12.4. The van der Waals surface area contributed by atoms with Gasteiger partial charge in [-0.05, 0) is 45.4 Å². The van der Waals surface area contributed by atoms with Crippen molar-refractivity contribution in [1.82, 2.24) is 0 Å². The fourth-order valence-corrected chi connectivity index (χ4v) is 3.20. The number of benzene rings is 1. The van der Waals surface area contributed by atoms with E-state index in [1.54, 1.807) is 0 Å². The van der Waals surface area contributed by atoms with Gasteiger partial charge < -0.3 is 10.5 Å². The molecule has 0 aliphatic rings. The normalized spacial score (nSPS) is 14.7. The number of hydrogen-bond donors (Lipinski definition) is 1. The highest BCUT2D eigenvalue weighted by molar-refractivity contribution is 9.10. The van der Waals surface area contributed by atoms with Crippen molar-refractivity contribution in [3.05, 3.63) is 34.3 Å². The molecule has 0 radical (unpaired) electrons. The molecule has 0 aliphatic heterocycles. The third kappa shape index (κ3) is 6.29. The predicted octanol–water partition coefficient (Wildman–Crippen LogP) is 3.91. The fraction of sp³-hybridized carbons (Fsp3) is 0.533. The predicted molar refractivity (Wildman–Crippen MR) is 88.8 cm³/mol. The lowest BCUT2D eigenvalue weighted by Gasteiger charge is -2.23. The summed E-state index contributed by atoms with van der Waals surface area (Å²) in [5.41, 5.74) is 6.71. The standard InChI is InChI=1S/C15H22BrNO2S/c1-10(17)14(11-6-5-7-12(16)8-11)20-9-13(18)19-15(2,3)4/h5-8,10,14H,9,17H2,1-4H3. The largest absolute Gasteiger partial charge is 0.459 e. The summed E-state index contributed by atoms with van der Waals surface area (Å²) in [7, 11) is 0. The van der Waals surface area contributed by atoms with Gasteiger partial charge in [0.25, 0.3) is 0 Å². The Morgan fingerprint density at radius 3 is 2.60 bits per heavy atom. The van der Waals surface area contributed by atoms with Gasteiger partial charge in [-0.3, -0.25) is 4.79 Å². The molecule has 3 nitrogen and oxygen atoms in total. The van der Waals surface area contributed by atoms with E-state index in [4.69, 9.17) is 10.5 Å². The number of esters is 1. The van der Waals surface area contributed by atoms with Crippen LogP contribution in [0.25, 0.3) is 0 Å². The Bertz CT molecular complexity index is 457. The van der Waals surface area contributed by atoms with E-state index in [2.05, 4.69) is 15.9 Å². The van der Waals surface area contributed by atoms with Crippen molar-refractivity contribution in [2.24, 2.45) is 5.73 Å². The van der Waals surface area contributed by atoms with Gasteiger partial charge in [0.1, 0.15) is 5.60 Å². The molecule has 112 valence electrons. The van der Waals surface area contributed by atoms with E-state index in [0.717, 1.165) is 10.0 Å². The zero-order chi connectivity index (χ0) is 15.3. The first-order valence-corrected chi connectivity index (χ1v) is 8.38. The molecule has 0 amide bonds. The van der Waals surface area contributed by atoms with Crippen LogP contribution in [0.2, 0.25) is 0 Å². The summed E-state index contributed by atoms with van der Waals surface area (Å²) in [6.07, 6.45) is 0. The van der Waals surface area contributed by atoms with Gasteiger partial charge in [0.05, 0.1) is 5.75 Å². The van der Waals surface area contributed by atoms with Crippen LogP contribution in [0.1, 0.15) is 38.5 Å². The molecule has 2 unspecified atom stereocenters. The van der Waals surface area contributed by atoms with E-state index in [9.17, 15) is 4.79 Å². The molecule has 1 rings (SSSR count). The van der Waals surface area contributed by atoms with Crippen molar-refractivity contribution in [3.8, 4) is 0 Å². The van der Waals surface area contributed by atoms with Crippen LogP contribution in [-0.2, 0) is 9.53 Å². The number of rotatable bonds is 5. The van der Waals surface area contributed by atoms with Gasteiger partial charge in [0.15, 0.2) is 0 Å². The molecular weight excluding hydrogens is 338 g/mol. The van der Waals surface area contributed by atoms with Crippen molar-refractivity contribution in [2.45, 2.75) is 44.6 Å². The third-order valence-corrected chi connectivity index (χ3v) is 4.41. The van der Waals surface area contributed by atoms with Crippen LogP contribution in [0.3, 0.4) is 0 Å². The second-order valence-corrected chi connectivity index (χ2v) is 7.78. The lowest BCUT2D eigenvalue weighted by Crippen LogP contribution is -2.27. The number of halogens is 1. The van der Waals surface area contributed by atoms with Gasteiger partial charge >= 0.3 is 5.97 Å². The van der Waals surface area contributed by atoms with Gasteiger partial charge in [-0.25, -0.2) is 0 Å². The Kier molecular flexibility index (Phi) is 6.55. The van der Waals surface area contributed by atoms with E-state index in [-0.39, 0.29) is 17.3 Å². The molecule has 2 N–H and O–H groups in total. The summed E-state index contributed by atoms with van der Waals surface area (Å²) in [4.78, 5) is 11.8. The second kappa shape index (κ2) is 7.48. The van der Waals surface area contributed by atoms with Crippen LogP contribution in [0.5, 0.6) is 0 Å². The molecule has 0 saturated carbocycles. The Balaban J connectivity index is 2.68. The maximum absolute atomic E-state index is 11.8. The van der Waals surface area contributed by atoms with Crippen molar-refractivity contribution >= 4 is 33.7 Å². The van der Waals surface area contributed by atoms with Crippen molar-refractivity contribution in [2.75, 3.05) is 5.75 Å². The SMILES string of the molecule is CC(N)C(SCC(=O)OC(C)(C)C)c1cccc(Br)c1. The summed E-state index contributed by atoms with van der Waals surface area (Å²) >= 11 is 4.98. The van der Waals surface area contributed by atoms with E-state index < -0.39 is 5.60 Å². The third-order valence-electron chi connectivity index (χ3n) is 2.46. The minimum absolute atomic E-state index is 0.0447. The molecule has 0 aromatic heterocycles. The van der Waals surface area contributed by atoms with Gasteiger partial charge in [-0.15, -0.1) is 11.8 Å². The topological polar surface area (TPSA) is 52.3 Å². The van der Waals surface area contributed by atoms with Crippen LogP contribution >= 0.6 is 27.7 Å². The first-order valence-electron chi connectivity index (χ1n) is 6.53. The number of carbonyl (C=O) groups excluding carboxylic acids is 1. The molecule has 1 aromatic carbocycles. The smallest absolute Gasteiger partial charge is 0.316 e. The lowest BCUT2D eigenvalue weighted by atomic mass is 10.1. The molecule has 0 spiro atoms.